The van der Waals surface area contributed by atoms with Crippen molar-refractivity contribution in [3.8, 4) is 0 Å². The molecule has 5 heteroatoms. The number of nitrogens with zero attached hydrogens (tertiary/aromatic N) is 3. The molecular formula is C12H16N4S. The number of aryl methyl sites for hydroxylation is 3. The van der Waals surface area contributed by atoms with Crippen LogP contribution in [-0.4, -0.2) is 14.8 Å². The zero-order valence-electron chi connectivity index (χ0n) is 10.3. The summed E-state index contributed by atoms with van der Waals surface area (Å²) in [4.78, 5) is 5.64. The van der Waals surface area contributed by atoms with Gasteiger partial charge in [-0.3, -0.25) is 4.68 Å². The third kappa shape index (κ3) is 2.68. The molecule has 0 amide bonds. The molecule has 0 aliphatic rings. The monoisotopic (exact) mass is 248 g/mol. The molecule has 0 atom stereocenters. The average molecular weight is 248 g/mol. The second-order valence-electron chi connectivity index (χ2n) is 4.02. The van der Waals surface area contributed by atoms with Crippen LogP contribution in [-0.2, 0) is 13.6 Å². The van der Waals surface area contributed by atoms with E-state index in [1.807, 2.05) is 26.4 Å². The minimum atomic E-state index is 0.516. The highest BCUT2D eigenvalue weighted by Gasteiger charge is 2.10. The molecule has 2 heterocycles. The summed E-state index contributed by atoms with van der Waals surface area (Å²) in [6.07, 6.45) is 3.81. The molecule has 90 valence electrons. The standard InChI is InChI=1S/C12H16N4S/c1-8-4-9(2)15-12(11(8)5-13)17-10-6-14-16(3)7-10/h4,6-7H,5,13H2,1-3H3. The van der Waals surface area contributed by atoms with Gasteiger partial charge in [0, 0.05) is 31.0 Å². The summed E-state index contributed by atoms with van der Waals surface area (Å²) in [7, 11) is 1.91. The Hall–Kier alpha value is -1.33. The van der Waals surface area contributed by atoms with Crippen LogP contribution in [0.1, 0.15) is 16.8 Å². The normalized spacial score (nSPS) is 10.8. The molecule has 0 saturated heterocycles. The first-order valence-corrected chi connectivity index (χ1v) is 6.25. The SMILES string of the molecule is Cc1cc(C)c(CN)c(Sc2cnn(C)c2)n1. The molecule has 2 N–H and O–H groups in total. The molecule has 0 radical (unpaired) electrons. The Morgan fingerprint density at radius 1 is 1.41 bits per heavy atom. The first-order valence-electron chi connectivity index (χ1n) is 5.44. The average Bonchev–Trinajstić information content (AvgIpc) is 2.63. The minimum Gasteiger partial charge on any atom is -0.326 e. The van der Waals surface area contributed by atoms with E-state index in [1.54, 1.807) is 16.4 Å². The summed E-state index contributed by atoms with van der Waals surface area (Å²) in [6.45, 7) is 4.59. The van der Waals surface area contributed by atoms with Crippen molar-refractivity contribution in [1.82, 2.24) is 14.8 Å². The Bertz CT molecular complexity index is 533. The summed E-state index contributed by atoms with van der Waals surface area (Å²) in [5.41, 5.74) is 9.12. The van der Waals surface area contributed by atoms with Crippen molar-refractivity contribution in [3.63, 3.8) is 0 Å². The Kier molecular flexibility index (Phi) is 3.49. The predicted octanol–water partition coefficient (Wildman–Crippen LogP) is 2.04. The van der Waals surface area contributed by atoms with Gasteiger partial charge in [0.1, 0.15) is 5.03 Å². The molecule has 0 aliphatic carbocycles. The van der Waals surface area contributed by atoms with Crippen molar-refractivity contribution in [2.24, 2.45) is 12.8 Å². The number of rotatable bonds is 3. The summed E-state index contributed by atoms with van der Waals surface area (Å²) >= 11 is 1.61. The lowest BCUT2D eigenvalue weighted by atomic mass is 10.1. The highest BCUT2D eigenvalue weighted by atomic mass is 32.2. The van der Waals surface area contributed by atoms with Crippen LogP contribution < -0.4 is 5.73 Å². The molecule has 0 aromatic carbocycles. The van der Waals surface area contributed by atoms with Crippen molar-refractivity contribution in [3.05, 3.63) is 35.3 Å². The first kappa shape index (κ1) is 12.1. The van der Waals surface area contributed by atoms with Gasteiger partial charge in [-0.1, -0.05) is 11.8 Å². The smallest absolute Gasteiger partial charge is 0.106 e. The van der Waals surface area contributed by atoms with Crippen LogP contribution in [0.15, 0.2) is 28.4 Å². The molecule has 0 bridgehead atoms. The van der Waals surface area contributed by atoms with E-state index < -0.39 is 0 Å². The van der Waals surface area contributed by atoms with Gasteiger partial charge in [0.25, 0.3) is 0 Å². The lowest BCUT2D eigenvalue weighted by molar-refractivity contribution is 0.766. The van der Waals surface area contributed by atoms with Gasteiger partial charge in [-0.05, 0) is 25.5 Å². The van der Waals surface area contributed by atoms with Crippen molar-refractivity contribution < 1.29 is 0 Å². The topological polar surface area (TPSA) is 56.7 Å². The quantitative estimate of drug-likeness (QED) is 0.903. The molecule has 17 heavy (non-hydrogen) atoms. The second kappa shape index (κ2) is 4.89. The summed E-state index contributed by atoms with van der Waals surface area (Å²) in [5.74, 6) is 0. The van der Waals surface area contributed by atoms with Crippen LogP contribution in [0.4, 0.5) is 0 Å². The molecule has 2 aromatic heterocycles. The first-order chi connectivity index (χ1) is 8.10. The molecule has 4 nitrogen and oxygen atoms in total. The Balaban J connectivity index is 2.37. The van der Waals surface area contributed by atoms with E-state index in [0.717, 1.165) is 21.2 Å². The van der Waals surface area contributed by atoms with Gasteiger partial charge < -0.3 is 5.73 Å². The molecule has 0 spiro atoms. The lowest BCUT2D eigenvalue weighted by Crippen LogP contribution is -2.04. The van der Waals surface area contributed by atoms with Crippen LogP contribution in [0.3, 0.4) is 0 Å². The van der Waals surface area contributed by atoms with Crippen molar-refractivity contribution in [2.75, 3.05) is 0 Å². The third-order valence-electron chi connectivity index (χ3n) is 2.54. The zero-order valence-corrected chi connectivity index (χ0v) is 11.1. The zero-order chi connectivity index (χ0) is 12.4. The van der Waals surface area contributed by atoms with Gasteiger partial charge >= 0.3 is 0 Å². The maximum absolute atomic E-state index is 5.79. The maximum atomic E-state index is 5.79. The molecular weight excluding hydrogens is 232 g/mol. The van der Waals surface area contributed by atoms with Gasteiger partial charge in [0.2, 0.25) is 0 Å². The summed E-state index contributed by atoms with van der Waals surface area (Å²) in [6, 6.07) is 2.06. The molecule has 0 fully saturated rings. The van der Waals surface area contributed by atoms with E-state index in [9.17, 15) is 0 Å². The van der Waals surface area contributed by atoms with E-state index in [4.69, 9.17) is 5.73 Å². The summed E-state index contributed by atoms with van der Waals surface area (Å²) < 4.78 is 1.78. The van der Waals surface area contributed by atoms with Crippen LogP contribution in [0.25, 0.3) is 0 Å². The highest BCUT2D eigenvalue weighted by Crippen LogP contribution is 2.30. The number of hydrogen-bond acceptors (Lipinski definition) is 4. The number of pyridine rings is 1. The van der Waals surface area contributed by atoms with Crippen molar-refractivity contribution >= 4 is 11.8 Å². The molecule has 0 saturated carbocycles. The number of hydrogen-bond donors (Lipinski definition) is 1. The maximum Gasteiger partial charge on any atom is 0.106 e. The van der Waals surface area contributed by atoms with E-state index >= 15 is 0 Å². The third-order valence-corrected chi connectivity index (χ3v) is 3.51. The predicted molar refractivity (Wildman–Crippen MR) is 68.9 cm³/mol. The Morgan fingerprint density at radius 3 is 2.76 bits per heavy atom. The van der Waals surface area contributed by atoms with Gasteiger partial charge in [0.05, 0.1) is 11.1 Å². The van der Waals surface area contributed by atoms with Crippen LogP contribution in [0.2, 0.25) is 0 Å². The Labute approximate surface area is 105 Å². The van der Waals surface area contributed by atoms with Crippen molar-refractivity contribution in [1.29, 1.82) is 0 Å². The van der Waals surface area contributed by atoms with Gasteiger partial charge in [-0.2, -0.15) is 5.10 Å². The minimum absolute atomic E-state index is 0.516. The van der Waals surface area contributed by atoms with E-state index in [1.165, 1.54) is 5.56 Å². The fraction of sp³-hybridized carbons (Fsp3) is 0.333. The molecule has 0 aliphatic heterocycles. The van der Waals surface area contributed by atoms with Gasteiger partial charge in [-0.25, -0.2) is 4.98 Å². The van der Waals surface area contributed by atoms with E-state index in [2.05, 4.69) is 23.1 Å². The van der Waals surface area contributed by atoms with Crippen LogP contribution in [0.5, 0.6) is 0 Å². The lowest BCUT2D eigenvalue weighted by Gasteiger charge is -2.09. The second-order valence-corrected chi connectivity index (χ2v) is 5.08. The fourth-order valence-electron chi connectivity index (χ4n) is 1.72. The number of aromatic nitrogens is 3. The number of nitrogens with two attached hydrogens (primary N) is 1. The molecule has 2 rings (SSSR count). The fourth-order valence-corrected chi connectivity index (χ4v) is 2.81. The molecule has 2 aromatic rings. The van der Waals surface area contributed by atoms with Gasteiger partial charge in [-0.15, -0.1) is 0 Å². The molecule has 0 unspecified atom stereocenters. The van der Waals surface area contributed by atoms with Crippen molar-refractivity contribution in [2.45, 2.75) is 30.3 Å². The summed E-state index contributed by atoms with van der Waals surface area (Å²) in [5, 5.41) is 5.13. The van der Waals surface area contributed by atoms with E-state index in [0.29, 0.717) is 6.54 Å². The van der Waals surface area contributed by atoms with Crippen LogP contribution >= 0.6 is 11.8 Å². The van der Waals surface area contributed by atoms with Crippen LogP contribution in [0, 0.1) is 13.8 Å². The Morgan fingerprint density at radius 2 is 2.18 bits per heavy atom. The largest absolute Gasteiger partial charge is 0.326 e. The van der Waals surface area contributed by atoms with Gasteiger partial charge in [0.15, 0.2) is 0 Å². The van der Waals surface area contributed by atoms with E-state index in [-0.39, 0.29) is 0 Å². The highest BCUT2D eigenvalue weighted by molar-refractivity contribution is 7.99.